The topological polar surface area (TPSA) is 49.9 Å². The highest BCUT2D eigenvalue weighted by Gasteiger charge is 2.40. The number of halogens is 2. The van der Waals surface area contributed by atoms with Crippen molar-refractivity contribution in [2.45, 2.75) is 23.2 Å². The molecule has 0 spiro atoms. The number of anilines is 1. The van der Waals surface area contributed by atoms with Crippen molar-refractivity contribution in [3.63, 3.8) is 0 Å². The van der Waals surface area contributed by atoms with Crippen molar-refractivity contribution in [2.24, 2.45) is 0 Å². The van der Waals surface area contributed by atoms with E-state index >= 15 is 0 Å². The molecule has 154 valence electrons. The van der Waals surface area contributed by atoms with Crippen LogP contribution in [0.5, 0.6) is 0 Å². The first-order valence-corrected chi connectivity index (χ1v) is 9.99. The lowest BCUT2D eigenvalue weighted by molar-refractivity contribution is -0.152. The first kappa shape index (κ1) is 21.3. The van der Waals surface area contributed by atoms with Gasteiger partial charge in [0.05, 0.1) is 10.9 Å². The Morgan fingerprint density at radius 2 is 1.79 bits per heavy atom. The van der Waals surface area contributed by atoms with E-state index in [0.717, 1.165) is 0 Å². The van der Waals surface area contributed by atoms with E-state index < -0.39 is 34.9 Å². The van der Waals surface area contributed by atoms with Crippen molar-refractivity contribution >= 4 is 29.3 Å². The predicted octanol–water partition coefficient (Wildman–Crippen LogP) is 3.64. The van der Waals surface area contributed by atoms with Crippen LogP contribution in [-0.4, -0.2) is 50.1 Å². The lowest BCUT2D eigenvalue weighted by Crippen LogP contribution is -2.45. The van der Waals surface area contributed by atoms with Crippen molar-refractivity contribution in [1.82, 2.24) is 4.90 Å². The smallest absolute Gasteiger partial charge is 0.303 e. The van der Waals surface area contributed by atoms with Gasteiger partial charge in [-0.2, -0.15) is 0 Å². The molecular weight excluding hydrogens is 398 g/mol. The first-order valence-electron chi connectivity index (χ1n) is 9.11. The van der Waals surface area contributed by atoms with Crippen LogP contribution in [0.15, 0.2) is 47.4 Å². The van der Waals surface area contributed by atoms with Crippen molar-refractivity contribution < 1.29 is 23.1 Å². The number of fused-ring (bicyclic) bond motifs is 1. The Labute approximate surface area is 172 Å². The summed E-state index contributed by atoms with van der Waals surface area (Å²) >= 11 is 1.23. The number of amides is 1. The van der Waals surface area contributed by atoms with Gasteiger partial charge in [0.2, 0.25) is 0 Å². The van der Waals surface area contributed by atoms with E-state index in [4.69, 9.17) is 4.74 Å². The van der Waals surface area contributed by atoms with Crippen LogP contribution in [0.4, 0.5) is 14.5 Å². The molecule has 29 heavy (non-hydrogen) atoms. The van der Waals surface area contributed by atoms with Gasteiger partial charge in [0.1, 0.15) is 11.6 Å². The molecule has 3 rings (SSSR count). The predicted molar refractivity (Wildman–Crippen MR) is 108 cm³/mol. The number of benzene rings is 2. The number of hydrogen-bond donors (Lipinski definition) is 0. The van der Waals surface area contributed by atoms with Crippen LogP contribution in [0.3, 0.4) is 0 Å². The number of likely N-dealkylation sites (N-methyl/N-ethyl adjacent to an activating group) is 1. The SMILES string of the molecule is CC(=O)OC1C(=O)N(CCN(C)C)c2ccc(F)cc2SC1c1ccc(F)cc1. The second kappa shape index (κ2) is 8.92. The molecule has 1 amide bonds. The van der Waals surface area contributed by atoms with Crippen LogP contribution in [0.25, 0.3) is 0 Å². The number of esters is 1. The molecule has 0 N–H and O–H groups in total. The minimum Gasteiger partial charge on any atom is -0.451 e. The second-order valence-electron chi connectivity index (χ2n) is 7.03. The van der Waals surface area contributed by atoms with E-state index in [1.807, 2.05) is 19.0 Å². The molecule has 1 heterocycles. The van der Waals surface area contributed by atoms with Crippen molar-refractivity contribution in [1.29, 1.82) is 0 Å². The number of carbonyl (C=O) groups is 2. The summed E-state index contributed by atoms with van der Waals surface area (Å²) in [5.41, 5.74) is 1.17. The summed E-state index contributed by atoms with van der Waals surface area (Å²) in [4.78, 5) is 29.2. The maximum atomic E-state index is 14.0. The van der Waals surface area contributed by atoms with Crippen LogP contribution in [0.2, 0.25) is 0 Å². The van der Waals surface area contributed by atoms with Crippen molar-refractivity contribution in [3.8, 4) is 0 Å². The molecule has 8 heteroatoms. The minimum absolute atomic E-state index is 0.346. The summed E-state index contributed by atoms with van der Waals surface area (Å²) in [7, 11) is 3.76. The Hall–Kier alpha value is -2.45. The van der Waals surface area contributed by atoms with Gasteiger partial charge in [0, 0.05) is 24.9 Å². The molecule has 0 saturated heterocycles. The van der Waals surface area contributed by atoms with Gasteiger partial charge >= 0.3 is 5.97 Å². The van der Waals surface area contributed by atoms with E-state index in [9.17, 15) is 18.4 Å². The molecule has 2 atom stereocenters. The Balaban J connectivity index is 2.10. The van der Waals surface area contributed by atoms with Gasteiger partial charge in [-0.25, -0.2) is 8.78 Å². The standard InChI is InChI=1S/C21H22F2N2O3S/c1-13(26)28-19-20(14-4-6-15(22)7-5-14)29-18-12-16(23)8-9-17(18)25(21(19)27)11-10-24(2)3/h4-9,12,19-20H,10-11H2,1-3H3. The molecule has 0 aliphatic carbocycles. The fourth-order valence-electron chi connectivity index (χ4n) is 3.12. The summed E-state index contributed by atoms with van der Waals surface area (Å²) < 4.78 is 32.8. The first-order chi connectivity index (χ1) is 13.8. The fourth-order valence-corrected chi connectivity index (χ4v) is 4.46. The highest BCUT2D eigenvalue weighted by atomic mass is 32.2. The van der Waals surface area contributed by atoms with E-state index in [-0.39, 0.29) is 0 Å². The molecule has 0 radical (unpaired) electrons. The Kier molecular flexibility index (Phi) is 6.54. The number of nitrogens with zero attached hydrogens (tertiary/aromatic N) is 2. The second-order valence-corrected chi connectivity index (χ2v) is 8.21. The average Bonchev–Trinajstić information content (AvgIpc) is 2.76. The van der Waals surface area contributed by atoms with Gasteiger partial charge in [-0.1, -0.05) is 12.1 Å². The molecule has 2 unspecified atom stereocenters. The molecule has 1 aliphatic rings. The van der Waals surface area contributed by atoms with E-state index in [1.54, 1.807) is 18.2 Å². The largest absolute Gasteiger partial charge is 0.451 e. The van der Waals surface area contributed by atoms with E-state index in [2.05, 4.69) is 0 Å². The molecule has 5 nitrogen and oxygen atoms in total. The normalized spacial score (nSPS) is 19.1. The average molecular weight is 420 g/mol. The zero-order valence-corrected chi connectivity index (χ0v) is 17.2. The molecule has 2 aromatic carbocycles. The molecule has 0 bridgehead atoms. The maximum absolute atomic E-state index is 14.0. The maximum Gasteiger partial charge on any atom is 0.303 e. The summed E-state index contributed by atoms with van der Waals surface area (Å²) in [6.07, 6.45) is -1.12. The van der Waals surface area contributed by atoms with Gasteiger partial charge in [-0.05, 0) is 50.0 Å². The number of ether oxygens (including phenoxy) is 1. The molecular formula is C21H22F2N2O3S. The van der Waals surface area contributed by atoms with Gasteiger partial charge in [-0.15, -0.1) is 11.8 Å². The van der Waals surface area contributed by atoms with Crippen LogP contribution in [0.1, 0.15) is 17.7 Å². The number of hydrogen-bond acceptors (Lipinski definition) is 5. The Morgan fingerprint density at radius 3 is 2.41 bits per heavy atom. The zero-order valence-electron chi connectivity index (χ0n) is 16.4. The molecule has 1 aliphatic heterocycles. The van der Waals surface area contributed by atoms with Gasteiger partial charge < -0.3 is 14.5 Å². The zero-order chi connectivity index (χ0) is 21.1. The summed E-state index contributed by atoms with van der Waals surface area (Å²) in [6, 6.07) is 9.88. The fraction of sp³-hybridized carbons (Fsp3) is 0.333. The molecule has 0 saturated carbocycles. The van der Waals surface area contributed by atoms with E-state index in [0.29, 0.717) is 29.2 Å². The number of rotatable bonds is 5. The molecule has 0 aromatic heterocycles. The number of thioether (sulfide) groups is 1. The third-order valence-corrected chi connectivity index (χ3v) is 5.87. The van der Waals surface area contributed by atoms with Crippen LogP contribution in [0, 0.1) is 11.6 Å². The van der Waals surface area contributed by atoms with Gasteiger partial charge in [0.15, 0.2) is 6.10 Å². The lowest BCUT2D eigenvalue weighted by Gasteiger charge is -2.28. The number of carbonyl (C=O) groups excluding carboxylic acids is 2. The molecule has 0 fully saturated rings. The van der Waals surface area contributed by atoms with Crippen LogP contribution >= 0.6 is 11.8 Å². The summed E-state index contributed by atoms with van der Waals surface area (Å²) in [5, 5.41) is -0.642. The van der Waals surface area contributed by atoms with Crippen LogP contribution < -0.4 is 4.90 Å². The van der Waals surface area contributed by atoms with Gasteiger partial charge in [0.25, 0.3) is 5.91 Å². The van der Waals surface area contributed by atoms with Crippen molar-refractivity contribution in [3.05, 3.63) is 59.7 Å². The van der Waals surface area contributed by atoms with E-state index in [1.165, 1.54) is 47.9 Å². The highest BCUT2D eigenvalue weighted by molar-refractivity contribution is 7.99. The molecule has 2 aromatic rings. The van der Waals surface area contributed by atoms with Crippen LogP contribution in [-0.2, 0) is 14.3 Å². The summed E-state index contributed by atoms with van der Waals surface area (Å²) in [5.74, 6) is -1.84. The highest BCUT2D eigenvalue weighted by Crippen LogP contribution is 2.47. The third kappa shape index (κ3) is 4.94. The Morgan fingerprint density at radius 1 is 1.14 bits per heavy atom. The minimum atomic E-state index is -1.12. The van der Waals surface area contributed by atoms with Crippen molar-refractivity contribution in [2.75, 3.05) is 32.1 Å². The monoisotopic (exact) mass is 420 g/mol. The van der Waals surface area contributed by atoms with Gasteiger partial charge in [-0.3, -0.25) is 9.59 Å². The summed E-state index contributed by atoms with van der Waals surface area (Å²) in [6.45, 7) is 2.15. The quantitative estimate of drug-likeness (QED) is 0.692. The Bertz CT molecular complexity index is 905. The third-order valence-electron chi connectivity index (χ3n) is 4.51. The lowest BCUT2D eigenvalue weighted by atomic mass is 10.1.